The first-order valence-electron chi connectivity index (χ1n) is 9.91. The van der Waals surface area contributed by atoms with Gasteiger partial charge in [-0.3, -0.25) is 4.79 Å². The molecule has 4 nitrogen and oxygen atoms in total. The fourth-order valence-electron chi connectivity index (χ4n) is 4.05. The van der Waals surface area contributed by atoms with E-state index in [0.29, 0.717) is 17.5 Å². The van der Waals surface area contributed by atoms with E-state index in [4.69, 9.17) is 11.6 Å². The Balaban J connectivity index is 1.72. The minimum absolute atomic E-state index is 0.0322. The number of alkyl halides is 3. The number of benzene rings is 3. The van der Waals surface area contributed by atoms with Crippen molar-refractivity contribution in [2.45, 2.75) is 18.5 Å². The van der Waals surface area contributed by atoms with E-state index in [1.807, 2.05) is 30.3 Å². The molecule has 1 heterocycles. The van der Waals surface area contributed by atoms with Gasteiger partial charge in [-0.2, -0.15) is 13.2 Å². The number of carbonyl (C=O) groups excluding carboxylic acids is 1. The van der Waals surface area contributed by atoms with Gasteiger partial charge in [0.25, 0.3) is 5.91 Å². The van der Waals surface area contributed by atoms with Crippen LogP contribution in [0.3, 0.4) is 0 Å². The molecule has 2 N–H and O–H groups in total. The lowest BCUT2D eigenvalue weighted by atomic mass is 9.87. The number of phenols is 2. The SMILES string of the molecule is O=C(c1ccc(C(F)(F)F)cc1)N1CCc2c(cc(O)c(O)c2Cl)C(c2ccccc2)C1. The summed E-state index contributed by atoms with van der Waals surface area (Å²) in [6, 6.07) is 14.9. The van der Waals surface area contributed by atoms with Gasteiger partial charge in [-0.25, -0.2) is 0 Å². The summed E-state index contributed by atoms with van der Waals surface area (Å²) in [5.41, 5.74) is 1.52. The van der Waals surface area contributed by atoms with E-state index < -0.39 is 23.4 Å². The first kappa shape index (κ1) is 22.0. The van der Waals surface area contributed by atoms with Gasteiger partial charge in [0.05, 0.1) is 10.6 Å². The van der Waals surface area contributed by atoms with Crippen LogP contribution in [-0.4, -0.2) is 34.1 Å². The molecular weight excluding hydrogens is 443 g/mol. The molecular formula is C24H19ClF3NO3. The molecule has 1 amide bonds. The Hall–Kier alpha value is -3.19. The Morgan fingerprint density at radius 3 is 2.31 bits per heavy atom. The van der Waals surface area contributed by atoms with Crippen LogP contribution >= 0.6 is 11.6 Å². The van der Waals surface area contributed by atoms with Crippen LogP contribution in [0.4, 0.5) is 13.2 Å². The predicted molar refractivity (Wildman–Crippen MR) is 114 cm³/mol. The van der Waals surface area contributed by atoms with Crippen molar-refractivity contribution in [3.05, 3.63) is 93.5 Å². The van der Waals surface area contributed by atoms with E-state index in [1.54, 1.807) is 4.90 Å². The molecule has 4 rings (SSSR count). The van der Waals surface area contributed by atoms with E-state index in [2.05, 4.69) is 0 Å². The highest BCUT2D eigenvalue weighted by Crippen LogP contribution is 2.43. The van der Waals surface area contributed by atoms with Crippen LogP contribution < -0.4 is 0 Å². The lowest BCUT2D eigenvalue weighted by Gasteiger charge is -2.26. The monoisotopic (exact) mass is 461 g/mol. The number of phenolic OH excluding ortho intramolecular Hbond substituents is 2. The van der Waals surface area contributed by atoms with Crippen LogP contribution in [0.2, 0.25) is 5.02 Å². The molecule has 0 fully saturated rings. The second kappa shape index (κ2) is 8.39. The molecule has 0 saturated heterocycles. The van der Waals surface area contributed by atoms with Crippen molar-refractivity contribution in [1.82, 2.24) is 4.90 Å². The molecule has 0 saturated carbocycles. The third-order valence-electron chi connectivity index (χ3n) is 5.71. The molecule has 1 aliphatic rings. The van der Waals surface area contributed by atoms with Crippen molar-refractivity contribution < 1.29 is 28.2 Å². The average molecular weight is 462 g/mol. The second-order valence-electron chi connectivity index (χ2n) is 7.67. The molecule has 0 aromatic heterocycles. The molecule has 0 bridgehead atoms. The maximum absolute atomic E-state index is 13.2. The van der Waals surface area contributed by atoms with Crippen molar-refractivity contribution in [3.8, 4) is 11.5 Å². The lowest BCUT2D eigenvalue weighted by Crippen LogP contribution is -2.35. The number of carbonyl (C=O) groups is 1. The first-order chi connectivity index (χ1) is 15.2. The first-order valence-corrected chi connectivity index (χ1v) is 10.3. The topological polar surface area (TPSA) is 60.8 Å². The van der Waals surface area contributed by atoms with Crippen LogP contribution in [-0.2, 0) is 12.6 Å². The fraction of sp³-hybridized carbons (Fsp3) is 0.208. The van der Waals surface area contributed by atoms with Gasteiger partial charge in [0, 0.05) is 24.6 Å². The Morgan fingerprint density at radius 2 is 1.69 bits per heavy atom. The number of hydrogen-bond donors (Lipinski definition) is 2. The Kier molecular flexibility index (Phi) is 5.77. The Labute approximate surface area is 187 Å². The highest BCUT2D eigenvalue weighted by atomic mass is 35.5. The largest absolute Gasteiger partial charge is 0.504 e. The minimum Gasteiger partial charge on any atom is -0.504 e. The zero-order valence-corrected chi connectivity index (χ0v) is 17.5. The van der Waals surface area contributed by atoms with Crippen molar-refractivity contribution in [2.75, 3.05) is 13.1 Å². The molecule has 3 aromatic rings. The Morgan fingerprint density at radius 1 is 1.03 bits per heavy atom. The molecule has 1 atom stereocenters. The van der Waals surface area contributed by atoms with Gasteiger partial charge < -0.3 is 15.1 Å². The summed E-state index contributed by atoms with van der Waals surface area (Å²) in [6.45, 7) is 0.484. The molecule has 0 aliphatic carbocycles. The maximum Gasteiger partial charge on any atom is 0.416 e. The van der Waals surface area contributed by atoms with Gasteiger partial charge in [-0.15, -0.1) is 0 Å². The van der Waals surface area contributed by atoms with Crippen LogP contribution in [0.25, 0.3) is 0 Å². The fourth-order valence-corrected chi connectivity index (χ4v) is 4.35. The summed E-state index contributed by atoms with van der Waals surface area (Å²) >= 11 is 6.33. The summed E-state index contributed by atoms with van der Waals surface area (Å²) in [5, 5.41) is 20.3. The summed E-state index contributed by atoms with van der Waals surface area (Å²) < 4.78 is 38.6. The molecule has 8 heteroatoms. The number of hydrogen-bond acceptors (Lipinski definition) is 3. The maximum atomic E-state index is 13.2. The van der Waals surface area contributed by atoms with Crippen LogP contribution in [0, 0.1) is 0 Å². The number of aromatic hydroxyl groups is 2. The van der Waals surface area contributed by atoms with Crippen LogP contribution in [0.5, 0.6) is 11.5 Å². The Bertz CT molecular complexity index is 1150. The van der Waals surface area contributed by atoms with Crippen molar-refractivity contribution >= 4 is 17.5 Å². The zero-order valence-electron chi connectivity index (χ0n) is 16.7. The van der Waals surface area contributed by atoms with Gasteiger partial charge in [0.1, 0.15) is 0 Å². The molecule has 166 valence electrons. The average Bonchev–Trinajstić information content (AvgIpc) is 2.97. The lowest BCUT2D eigenvalue weighted by molar-refractivity contribution is -0.137. The number of amides is 1. The molecule has 0 radical (unpaired) electrons. The van der Waals surface area contributed by atoms with Gasteiger partial charge in [0.2, 0.25) is 0 Å². The molecule has 0 spiro atoms. The number of nitrogens with zero attached hydrogens (tertiary/aromatic N) is 1. The van der Waals surface area contributed by atoms with E-state index in [1.165, 1.54) is 18.2 Å². The normalized spacial score (nSPS) is 16.4. The summed E-state index contributed by atoms with van der Waals surface area (Å²) in [5.74, 6) is -1.52. The standard InChI is InChI=1S/C24H19ClF3NO3/c25-21-17-10-11-29(23(32)15-6-8-16(9-7-15)24(26,27)28)13-19(14-4-2-1-3-5-14)18(17)12-20(30)22(21)31/h1-9,12,19,30-31H,10-11,13H2. The number of halogens is 4. The van der Waals surface area contributed by atoms with E-state index >= 15 is 0 Å². The second-order valence-corrected chi connectivity index (χ2v) is 8.04. The summed E-state index contributed by atoms with van der Waals surface area (Å²) in [4.78, 5) is 14.7. The van der Waals surface area contributed by atoms with E-state index in [-0.39, 0.29) is 35.3 Å². The van der Waals surface area contributed by atoms with Crippen molar-refractivity contribution in [1.29, 1.82) is 0 Å². The third kappa shape index (κ3) is 4.12. The predicted octanol–water partition coefficient (Wildman–Crippen LogP) is 5.60. The van der Waals surface area contributed by atoms with Gasteiger partial charge in [0.15, 0.2) is 11.5 Å². The number of fused-ring (bicyclic) bond motifs is 1. The van der Waals surface area contributed by atoms with Crippen molar-refractivity contribution in [3.63, 3.8) is 0 Å². The smallest absolute Gasteiger partial charge is 0.416 e. The van der Waals surface area contributed by atoms with Crippen LogP contribution in [0.1, 0.15) is 38.5 Å². The van der Waals surface area contributed by atoms with Gasteiger partial charge >= 0.3 is 6.18 Å². The summed E-state index contributed by atoms with van der Waals surface area (Å²) in [6.07, 6.45) is -4.16. The molecule has 32 heavy (non-hydrogen) atoms. The van der Waals surface area contributed by atoms with E-state index in [0.717, 1.165) is 17.7 Å². The molecule has 1 unspecified atom stereocenters. The third-order valence-corrected chi connectivity index (χ3v) is 6.12. The summed E-state index contributed by atoms with van der Waals surface area (Å²) in [7, 11) is 0. The highest BCUT2D eigenvalue weighted by Gasteiger charge is 2.32. The minimum atomic E-state index is -4.48. The zero-order chi connectivity index (χ0) is 23.0. The van der Waals surface area contributed by atoms with E-state index in [9.17, 15) is 28.2 Å². The number of rotatable bonds is 2. The van der Waals surface area contributed by atoms with Gasteiger partial charge in [-0.1, -0.05) is 41.9 Å². The quantitative estimate of drug-likeness (QED) is 0.488. The molecule has 3 aromatic carbocycles. The molecule has 1 aliphatic heterocycles. The van der Waals surface area contributed by atoms with Gasteiger partial charge in [-0.05, 0) is 53.4 Å². The highest BCUT2D eigenvalue weighted by molar-refractivity contribution is 6.33. The van der Waals surface area contributed by atoms with Crippen LogP contribution in [0.15, 0.2) is 60.7 Å². The van der Waals surface area contributed by atoms with Crippen molar-refractivity contribution in [2.24, 2.45) is 0 Å².